The van der Waals surface area contributed by atoms with E-state index in [1.165, 1.54) is 75.1 Å². The summed E-state index contributed by atoms with van der Waals surface area (Å²) >= 11 is 0. The van der Waals surface area contributed by atoms with Gasteiger partial charge < -0.3 is 1.43 Å². The number of benzene rings is 2. The molecule has 3 nitrogen and oxygen atoms in total. The Morgan fingerprint density at radius 1 is 0.775 bits per heavy atom. The summed E-state index contributed by atoms with van der Waals surface area (Å²) < 4.78 is 0. The molecule has 8 rings (SSSR count). The van der Waals surface area contributed by atoms with Crippen LogP contribution in [0.25, 0.3) is 0 Å². The van der Waals surface area contributed by atoms with E-state index in [4.69, 9.17) is 4.99 Å². The average molecular weight is 549 g/mol. The Labute approximate surface area is 270 Å². The van der Waals surface area contributed by atoms with Gasteiger partial charge in [0.05, 0.1) is 11.6 Å². The molecular weight excluding hydrogens is 496 g/mol. The van der Waals surface area contributed by atoms with Gasteiger partial charge in [0.25, 0.3) is 0 Å². The Hall–Kier alpha value is -0.905. The summed E-state index contributed by atoms with van der Waals surface area (Å²) in [4.78, 5) is 10.4. The molecule has 40 heavy (non-hydrogen) atoms. The number of fused-ring (bicyclic) bond motifs is 6. The van der Waals surface area contributed by atoms with E-state index in [-0.39, 0.29) is 51.0 Å². The van der Waals surface area contributed by atoms with Crippen molar-refractivity contribution in [3.05, 3.63) is 71.8 Å². The largest absolute Gasteiger partial charge is 1.00 e. The Kier molecular flexibility index (Phi) is 11.8. The first-order chi connectivity index (χ1) is 18.2. The predicted molar refractivity (Wildman–Crippen MR) is 169 cm³/mol. The molecule has 6 aliphatic heterocycles. The average Bonchev–Trinajstić information content (AvgIpc) is 2.94. The van der Waals surface area contributed by atoms with Crippen LogP contribution >= 0.6 is 0 Å². The molecule has 3 atom stereocenters. The van der Waals surface area contributed by atoms with Crippen LogP contribution in [0.2, 0.25) is 0 Å². The third-order valence-corrected chi connectivity index (χ3v) is 10.7. The van der Waals surface area contributed by atoms with Gasteiger partial charge in [-0.15, -0.1) is 0 Å². The van der Waals surface area contributed by atoms with Crippen molar-refractivity contribution in [3.63, 3.8) is 0 Å². The summed E-state index contributed by atoms with van der Waals surface area (Å²) in [7, 11) is 0. The number of hydrogen-bond donors (Lipinski definition) is 0. The maximum Gasteiger partial charge on any atom is 1.00 e. The minimum atomic E-state index is 0. The van der Waals surface area contributed by atoms with Crippen molar-refractivity contribution < 1.29 is 31.0 Å². The smallest absolute Gasteiger partial charge is 1.00 e. The van der Waals surface area contributed by atoms with Crippen LogP contribution in [-0.4, -0.2) is 61.2 Å². The first-order valence-electron chi connectivity index (χ1n) is 15.4. The van der Waals surface area contributed by atoms with E-state index >= 15 is 0 Å². The Balaban J connectivity index is 0.000000267. The molecule has 2 aromatic carbocycles. The number of piperidine rings is 6. The standard InChI is InChI=1S/C18H27N.C17H24N2.B.Na.H/c1-14(15-7-5-4-6-8-15)13-17-16-9-11-19(12-10-16)18(17,2)3;1-13(14-7-5-4-6-8-14)18-16-15-9-11-19(12-10-15)17(16,2)3;;;/h4-8,14,16-17H,9-13H2,1-3H3;4-8,13,15H,9-12H2,1-3H3;;;/q;;;+1;-1/t14-,17+;13-;;;/m10.../s1. The summed E-state index contributed by atoms with van der Waals surface area (Å²) in [6, 6.07) is 22.0. The summed E-state index contributed by atoms with van der Waals surface area (Å²) in [5.74, 6) is 3.23. The van der Waals surface area contributed by atoms with Crippen LogP contribution in [0.15, 0.2) is 65.7 Å². The molecule has 0 unspecified atom stereocenters. The minimum Gasteiger partial charge on any atom is -1.00 e. The summed E-state index contributed by atoms with van der Waals surface area (Å²) in [6.45, 7) is 19.4. The molecule has 6 aliphatic rings. The summed E-state index contributed by atoms with van der Waals surface area (Å²) in [5, 5.41) is 0. The monoisotopic (exact) mass is 548 g/mol. The van der Waals surface area contributed by atoms with Crippen molar-refractivity contribution in [1.29, 1.82) is 0 Å². The summed E-state index contributed by atoms with van der Waals surface area (Å²) in [5.41, 5.74) is 4.83. The van der Waals surface area contributed by atoms with Gasteiger partial charge in [-0.2, -0.15) is 0 Å². The van der Waals surface area contributed by atoms with Gasteiger partial charge >= 0.3 is 29.6 Å². The van der Waals surface area contributed by atoms with Crippen LogP contribution in [0.5, 0.6) is 0 Å². The molecule has 6 fully saturated rings. The molecule has 3 radical (unpaired) electrons. The SMILES string of the molecule is C[C@H](C[C@H]1C2CCN(CC2)C1(C)C)c1ccccc1.C[C@H](N=C1C2CCN(CC2)C1(C)C)c1ccccc1.[B].[H-].[Na+]. The maximum atomic E-state index is 5.12. The van der Waals surface area contributed by atoms with Gasteiger partial charge in [-0.1, -0.05) is 67.6 Å². The maximum absolute atomic E-state index is 5.12. The molecule has 6 heterocycles. The van der Waals surface area contributed by atoms with Crippen LogP contribution < -0.4 is 29.6 Å². The number of aliphatic imine (C=N–C) groups is 1. The van der Waals surface area contributed by atoms with Crippen molar-refractivity contribution in [2.24, 2.45) is 22.7 Å². The first kappa shape index (κ1) is 33.6. The van der Waals surface area contributed by atoms with Crippen LogP contribution in [0, 0.1) is 17.8 Å². The van der Waals surface area contributed by atoms with Crippen molar-refractivity contribution in [2.75, 3.05) is 26.2 Å². The fourth-order valence-electron chi connectivity index (χ4n) is 8.12. The van der Waals surface area contributed by atoms with Crippen LogP contribution in [0.1, 0.15) is 98.2 Å². The number of hydrogen-bond acceptors (Lipinski definition) is 3. The van der Waals surface area contributed by atoms with Gasteiger partial charge in [-0.3, -0.25) is 14.8 Å². The molecule has 211 valence electrons. The Morgan fingerprint density at radius 2 is 1.27 bits per heavy atom. The molecule has 0 N–H and O–H groups in total. The zero-order valence-corrected chi connectivity index (χ0v) is 28.4. The van der Waals surface area contributed by atoms with Gasteiger partial charge in [0.1, 0.15) is 0 Å². The second-order valence-corrected chi connectivity index (χ2v) is 13.6. The van der Waals surface area contributed by atoms with Gasteiger partial charge in [-0.05, 0) is 122 Å². The fraction of sp³-hybridized carbons (Fsp3) is 0.629. The zero-order valence-electron chi connectivity index (χ0n) is 27.4. The van der Waals surface area contributed by atoms with Gasteiger partial charge in [0.2, 0.25) is 0 Å². The third kappa shape index (κ3) is 7.00. The fourth-order valence-corrected chi connectivity index (χ4v) is 8.12. The van der Waals surface area contributed by atoms with E-state index < -0.39 is 0 Å². The van der Waals surface area contributed by atoms with E-state index in [9.17, 15) is 0 Å². The van der Waals surface area contributed by atoms with Gasteiger partial charge in [0, 0.05) is 25.6 Å². The molecule has 0 aliphatic carbocycles. The third-order valence-electron chi connectivity index (χ3n) is 10.7. The molecule has 2 aromatic rings. The van der Waals surface area contributed by atoms with Crippen molar-refractivity contribution in [1.82, 2.24) is 9.80 Å². The van der Waals surface area contributed by atoms with Gasteiger partial charge in [0.15, 0.2) is 0 Å². The van der Waals surface area contributed by atoms with Crippen molar-refractivity contribution in [3.8, 4) is 0 Å². The molecule has 5 heteroatoms. The number of rotatable bonds is 5. The van der Waals surface area contributed by atoms with Crippen molar-refractivity contribution >= 4 is 14.1 Å². The summed E-state index contributed by atoms with van der Waals surface area (Å²) in [6.07, 6.45) is 6.79. The minimum absolute atomic E-state index is 0. The molecule has 0 saturated carbocycles. The Bertz CT molecular complexity index is 1080. The molecule has 6 saturated heterocycles. The van der Waals surface area contributed by atoms with E-state index in [0.717, 1.165) is 11.8 Å². The van der Waals surface area contributed by atoms with E-state index in [1.807, 2.05) is 0 Å². The van der Waals surface area contributed by atoms with E-state index in [2.05, 4.69) is 112 Å². The molecule has 0 aromatic heterocycles. The van der Waals surface area contributed by atoms with Crippen LogP contribution in [0.3, 0.4) is 0 Å². The molecule has 0 amide bonds. The predicted octanol–water partition coefficient (Wildman–Crippen LogP) is 4.73. The quantitative estimate of drug-likeness (QED) is 0.504. The van der Waals surface area contributed by atoms with Crippen LogP contribution in [-0.2, 0) is 0 Å². The van der Waals surface area contributed by atoms with Gasteiger partial charge in [-0.25, -0.2) is 0 Å². The topological polar surface area (TPSA) is 18.8 Å². The molecule has 0 spiro atoms. The molecule has 4 bridgehead atoms. The first-order valence-corrected chi connectivity index (χ1v) is 15.4. The van der Waals surface area contributed by atoms with E-state index in [1.54, 1.807) is 0 Å². The zero-order chi connectivity index (χ0) is 26.9. The number of nitrogens with zero attached hydrogens (tertiary/aromatic N) is 3. The second-order valence-electron chi connectivity index (χ2n) is 13.6. The normalized spacial score (nSPS) is 31.6. The van der Waals surface area contributed by atoms with Crippen LogP contribution in [0.4, 0.5) is 0 Å². The van der Waals surface area contributed by atoms with E-state index in [0.29, 0.717) is 17.4 Å². The molecular formula is C35H52BN3Na. The second kappa shape index (κ2) is 14.0. The van der Waals surface area contributed by atoms with Crippen molar-refractivity contribution in [2.45, 2.75) is 96.7 Å². The Morgan fingerprint density at radius 3 is 1.77 bits per heavy atom.